The summed E-state index contributed by atoms with van der Waals surface area (Å²) in [5, 5.41) is 16.5. The number of carboxylic acid groups (broad SMARTS) is 1. The topological polar surface area (TPSA) is 105 Å². The fraction of sp³-hybridized carbons (Fsp3) is 0.0435. The number of carbonyl (C=O) groups excluding carboxylic acids is 1. The van der Waals surface area contributed by atoms with Gasteiger partial charge in [-0.2, -0.15) is 0 Å². The first-order valence-electron chi connectivity index (χ1n) is 9.66. The van der Waals surface area contributed by atoms with Crippen LogP contribution in [-0.2, 0) is 4.79 Å². The van der Waals surface area contributed by atoms with E-state index in [1.165, 1.54) is 41.2 Å². The van der Waals surface area contributed by atoms with E-state index in [1.54, 1.807) is 23.6 Å². The molecule has 1 amide bonds. The number of aromatic nitrogens is 2. The maximum Gasteiger partial charge on any atom is 0.315 e. The Morgan fingerprint density at radius 1 is 1.09 bits per heavy atom. The van der Waals surface area contributed by atoms with Crippen molar-refractivity contribution in [2.75, 3.05) is 5.32 Å². The molecule has 0 saturated carbocycles. The molecule has 10 heteroatoms. The molecule has 164 valence electrons. The van der Waals surface area contributed by atoms with Gasteiger partial charge in [-0.3, -0.25) is 9.59 Å². The second kappa shape index (κ2) is 8.57. The number of anilines is 1. The molecule has 0 aliphatic rings. The molecule has 0 saturated heterocycles. The number of carbonyl (C=O) groups is 2. The minimum absolute atomic E-state index is 0.0643. The van der Waals surface area contributed by atoms with Gasteiger partial charge in [0.05, 0.1) is 10.6 Å². The van der Waals surface area contributed by atoms with Crippen molar-refractivity contribution in [2.24, 2.45) is 0 Å². The molecule has 2 N–H and O–H groups in total. The molecular formula is C23H14FN3O4S2. The zero-order valence-electron chi connectivity index (χ0n) is 16.7. The Morgan fingerprint density at radius 2 is 1.91 bits per heavy atom. The van der Waals surface area contributed by atoms with Gasteiger partial charge < -0.3 is 14.8 Å². The molecule has 7 nitrogen and oxygen atoms in total. The molecule has 3 heterocycles. The molecule has 2 aromatic carbocycles. The summed E-state index contributed by atoms with van der Waals surface area (Å²) in [6, 6.07) is 12.6. The summed E-state index contributed by atoms with van der Waals surface area (Å²) in [6.07, 6.45) is 1.27. The molecule has 0 spiro atoms. The molecule has 5 rings (SSSR count). The predicted octanol–water partition coefficient (Wildman–Crippen LogP) is 5.62. The molecule has 0 aliphatic carbocycles. The number of thiazole rings is 1. The first-order chi connectivity index (χ1) is 16.0. The standard InChI is InChI=1S/C23H14FN3O4S2/c24-14-8-12(20(23(29)30)13-4-6-18-16(9-13)25-11-31-18)3-5-15(14)26-21(28)17-10-33-22(27-17)19-2-1-7-32-19/h1-11,20H,(H,26,28)(H,29,30). The Bertz CT molecular complexity index is 1480. The first kappa shape index (κ1) is 21.0. The maximum atomic E-state index is 14.8. The van der Waals surface area contributed by atoms with Crippen molar-refractivity contribution in [3.05, 3.63) is 88.3 Å². The molecule has 1 atom stereocenters. The van der Waals surface area contributed by atoms with Crippen molar-refractivity contribution in [3.63, 3.8) is 0 Å². The van der Waals surface area contributed by atoms with Crippen LogP contribution in [0.4, 0.5) is 10.1 Å². The van der Waals surface area contributed by atoms with Gasteiger partial charge in [-0.25, -0.2) is 14.4 Å². The van der Waals surface area contributed by atoms with Crippen molar-refractivity contribution in [1.82, 2.24) is 9.97 Å². The predicted molar refractivity (Wildman–Crippen MR) is 123 cm³/mol. The highest BCUT2D eigenvalue weighted by Gasteiger charge is 2.24. The van der Waals surface area contributed by atoms with Crippen LogP contribution in [0.1, 0.15) is 27.5 Å². The van der Waals surface area contributed by atoms with Gasteiger partial charge in [-0.15, -0.1) is 22.7 Å². The van der Waals surface area contributed by atoms with Crippen LogP contribution in [0.2, 0.25) is 0 Å². The van der Waals surface area contributed by atoms with E-state index < -0.39 is 23.6 Å². The van der Waals surface area contributed by atoms with E-state index in [9.17, 15) is 19.1 Å². The number of hydrogen-bond acceptors (Lipinski definition) is 7. The summed E-state index contributed by atoms with van der Waals surface area (Å²) in [5.41, 5.74) is 1.81. The zero-order valence-corrected chi connectivity index (χ0v) is 18.3. The van der Waals surface area contributed by atoms with Crippen LogP contribution in [0, 0.1) is 5.82 Å². The number of amides is 1. The number of fused-ring (bicyclic) bond motifs is 1. The van der Waals surface area contributed by atoms with Crippen LogP contribution in [0.5, 0.6) is 0 Å². The molecule has 0 aliphatic heterocycles. The van der Waals surface area contributed by atoms with E-state index in [-0.39, 0.29) is 16.9 Å². The Labute approximate surface area is 194 Å². The molecule has 0 radical (unpaired) electrons. The van der Waals surface area contributed by atoms with Crippen molar-refractivity contribution in [2.45, 2.75) is 5.92 Å². The molecule has 3 aromatic heterocycles. The highest BCUT2D eigenvalue weighted by Crippen LogP contribution is 2.31. The third-order valence-corrected chi connectivity index (χ3v) is 6.86. The second-order valence-corrected chi connectivity index (χ2v) is 8.87. The summed E-state index contributed by atoms with van der Waals surface area (Å²) in [5.74, 6) is -3.55. The minimum Gasteiger partial charge on any atom is -0.481 e. The number of hydrogen-bond donors (Lipinski definition) is 2. The van der Waals surface area contributed by atoms with Gasteiger partial charge in [0.15, 0.2) is 12.0 Å². The number of aliphatic carboxylic acids is 1. The summed E-state index contributed by atoms with van der Waals surface area (Å²) >= 11 is 2.84. The molecule has 1 unspecified atom stereocenters. The lowest BCUT2D eigenvalue weighted by atomic mass is 9.91. The third kappa shape index (κ3) is 4.13. The average Bonchev–Trinajstić information content (AvgIpc) is 3.56. The van der Waals surface area contributed by atoms with Crippen LogP contribution in [0.15, 0.2) is 70.1 Å². The molecule has 5 aromatic rings. The number of carboxylic acids is 1. The van der Waals surface area contributed by atoms with Crippen LogP contribution < -0.4 is 5.32 Å². The normalized spacial score (nSPS) is 12.0. The lowest BCUT2D eigenvalue weighted by Crippen LogP contribution is -2.16. The lowest BCUT2D eigenvalue weighted by molar-refractivity contribution is -0.137. The van der Waals surface area contributed by atoms with E-state index >= 15 is 0 Å². The summed E-state index contributed by atoms with van der Waals surface area (Å²) < 4.78 is 20.0. The number of benzene rings is 2. The van der Waals surface area contributed by atoms with Gasteiger partial charge in [0.25, 0.3) is 5.91 Å². The monoisotopic (exact) mass is 479 g/mol. The fourth-order valence-electron chi connectivity index (χ4n) is 3.42. The van der Waals surface area contributed by atoms with Gasteiger partial charge in [-0.05, 0) is 46.8 Å². The largest absolute Gasteiger partial charge is 0.481 e. The zero-order chi connectivity index (χ0) is 22.9. The third-order valence-electron chi connectivity index (χ3n) is 4.98. The van der Waals surface area contributed by atoms with Crippen LogP contribution in [0.3, 0.4) is 0 Å². The van der Waals surface area contributed by atoms with Gasteiger partial charge >= 0.3 is 5.97 Å². The fourth-order valence-corrected chi connectivity index (χ4v) is 5.04. The molecule has 33 heavy (non-hydrogen) atoms. The van der Waals surface area contributed by atoms with Crippen molar-refractivity contribution >= 4 is 51.3 Å². The SMILES string of the molecule is O=C(Nc1ccc(C(C(=O)O)c2ccc3ocnc3c2)cc1F)c1csc(-c2cccs2)n1. The van der Waals surface area contributed by atoms with Gasteiger partial charge in [-0.1, -0.05) is 18.2 Å². The highest BCUT2D eigenvalue weighted by molar-refractivity contribution is 7.20. The van der Waals surface area contributed by atoms with Crippen LogP contribution in [0.25, 0.3) is 21.0 Å². The maximum absolute atomic E-state index is 14.8. The van der Waals surface area contributed by atoms with Crippen molar-refractivity contribution < 1.29 is 23.5 Å². The number of rotatable bonds is 6. The number of thiophene rings is 1. The number of oxazole rings is 1. The van der Waals surface area contributed by atoms with Crippen LogP contribution >= 0.6 is 22.7 Å². The average molecular weight is 480 g/mol. The van der Waals surface area contributed by atoms with Crippen molar-refractivity contribution in [1.29, 1.82) is 0 Å². The van der Waals surface area contributed by atoms with E-state index in [4.69, 9.17) is 4.42 Å². The van der Waals surface area contributed by atoms with Gasteiger partial charge in [0.1, 0.15) is 28.0 Å². The van der Waals surface area contributed by atoms with Gasteiger partial charge in [0.2, 0.25) is 0 Å². The number of nitrogens with one attached hydrogen (secondary N) is 1. The Hall–Kier alpha value is -3.89. The quantitative estimate of drug-likeness (QED) is 0.327. The second-order valence-electron chi connectivity index (χ2n) is 7.06. The smallest absolute Gasteiger partial charge is 0.315 e. The van der Waals surface area contributed by atoms with Gasteiger partial charge in [0, 0.05) is 5.38 Å². The van der Waals surface area contributed by atoms with E-state index in [1.807, 2.05) is 17.5 Å². The Morgan fingerprint density at radius 3 is 2.67 bits per heavy atom. The first-order valence-corrected chi connectivity index (χ1v) is 11.4. The molecular weight excluding hydrogens is 465 g/mol. The van der Waals surface area contributed by atoms with E-state index in [0.717, 1.165) is 10.9 Å². The number of nitrogens with zero attached hydrogens (tertiary/aromatic N) is 2. The van der Waals surface area contributed by atoms with E-state index in [0.29, 0.717) is 21.7 Å². The number of halogens is 1. The summed E-state index contributed by atoms with van der Waals surface area (Å²) in [7, 11) is 0. The van der Waals surface area contributed by atoms with E-state index in [2.05, 4.69) is 15.3 Å². The van der Waals surface area contributed by atoms with Crippen LogP contribution in [-0.4, -0.2) is 27.0 Å². The lowest BCUT2D eigenvalue weighted by Gasteiger charge is -2.15. The van der Waals surface area contributed by atoms with Crippen molar-refractivity contribution in [3.8, 4) is 9.88 Å². The minimum atomic E-state index is -1.14. The molecule has 0 bridgehead atoms. The Kier molecular flexibility index (Phi) is 5.45. The highest BCUT2D eigenvalue weighted by atomic mass is 32.1. The summed E-state index contributed by atoms with van der Waals surface area (Å²) in [4.78, 5) is 33.8. The summed E-state index contributed by atoms with van der Waals surface area (Å²) in [6.45, 7) is 0. The molecule has 0 fully saturated rings. The Balaban J connectivity index is 1.39.